The standard InChI is InChI=1S/C22H30N4O3/c1-16-7-3-4-12-22(16)20(28)26(21(29)24-22)15-19(27)23-17-8-10-18(11-9-17)25-13-5-2-6-14-25/h8-11,16H,2-7,12-15H2,1H3,(H,23,27)(H,24,29)/t16-,22-/m0/s1. The number of carbonyl (C=O) groups is 3. The van der Waals surface area contributed by atoms with E-state index in [-0.39, 0.29) is 24.3 Å². The summed E-state index contributed by atoms with van der Waals surface area (Å²) in [6.07, 6.45) is 7.26. The number of carbonyl (C=O) groups excluding carboxylic acids is 3. The first-order valence-corrected chi connectivity index (χ1v) is 10.8. The van der Waals surface area contributed by atoms with Crippen LogP contribution in [0.1, 0.15) is 51.9 Å². The van der Waals surface area contributed by atoms with E-state index in [9.17, 15) is 14.4 Å². The summed E-state index contributed by atoms with van der Waals surface area (Å²) >= 11 is 0. The van der Waals surface area contributed by atoms with Crippen LogP contribution in [0.3, 0.4) is 0 Å². The number of nitrogens with one attached hydrogen (secondary N) is 2. The zero-order valence-electron chi connectivity index (χ0n) is 17.1. The van der Waals surface area contributed by atoms with Gasteiger partial charge in [-0.3, -0.25) is 14.5 Å². The highest BCUT2D eigenvalue weighted by Crippen LogP contribution is 2.38. The molecule has 7 nitrogen and oxygen atoms in total. The van der Waals surface area contributed by atoms with E-state index < -0.39 is 11.6 Å². The first-order chi connectivity index (χ1) is 14.0. The SMILES string of the molecule is C[C@H]1CCCC[C@]12NC(=O)N(CC(=O)Nc1ccc(N3CCCCC3)cc1)C2=O. The predicted molar refractivity (Wildman–Crippen MR) is 112 cm³/mol. The highest BCUT2D eigenvalue weighted by molar-refractivity contribution is 6.10. The van der Waals surface area contributed by atoms with Gasteiger partial charge in [-0.1, -0.05) is 19.8 Å². The molecule has 0 unspecified atom stereocenters. The molecule has 0 aromatic heterocycles. The van der Waals surface area contributed by atoms with Gasteiger partial charge in [0, 0.05) is 24.5 Å². The molecule has 29 heavy (non-hydrogen) atoms. The molecule has 2 atom stereocenters. The van der Waals surface area contributed by atoms with Crippen molar-refractivity contribution >= 4 is 29.2 Å². The number of piperidine rings is 1. The van der Waals surface area contributed by atoms with Gasteiger partial charge in [-0.05, 0) is 62.3 Å². The topological polar surface area (TPSA) is 81.8 Å². The second-order valence-corrected chi connectivity index (χ2v) is 8.58. The van der Waals surface area contributed by atoms with Gasteiger partial charge in [0.15, 0.2) is 0 Å². The largest absolute Gasteiger partial charge is 0.372 e. The average molecular weight is 399 g/mol. The molecule has 0 bridgehead atoms. The summed E-state index contributed by atoms with van der Waals surface area (Å²) in [4.78, 5) is 41.3. The lowest BCUT2D eigenvalue weighted by molar-refractivity contribution is -0.136. The second-order valence-electron chi connectivity index (χ2n) is 8.58. The number of urea groups is 1. The normalized spacial score (nSPS) is 27.3. The third-order valence-corrected chi connectivity index (χ3v) is 6.68. The van der Waals surface area contributed by atoms with Crippen molar-refractivity contribution in [2.45, 2.75) is 57.4 Å². The summed E-state index contributed by atoms with van der Waals surface area (Å²) < 4.78 is 0. The minimum Gasteiger partial charge on any atom is -0.372 e. The molecule has 1 spiro atoms. The molecular weight excluding hydrogens is 368 g/mol. The Morgan fingerprint density at radius 1 is 1.10 bits per heavy atom. The van der Waals surface area contributed by atoms with Crippen LogP contribution in [0.4, 0.5) is 16.2 Å². The molecule has 4 amide bonds. The fourth-order valence-electron chi connectivity index (χ4n) is 4.89. The van der Waals surface area contributed by atoms with Crippen LogP contribution in [0.5, 0.6) is 0 Å². The number of nitrogens with zero attached hydrogens (tertiary/aromatic N) is 2. The van der Waals surface area contributed by atoms with E-state index in [1.54, 1.807) is 0 Å². The molecule has 4 rings (SSSR count). The number of amides is 4. The van der Waals surface area contributed by atoms with Gasteiger partial charge in [-0.15, -0.1) is 0 Å². The van der Waals surface area contributed by atoms with Crippen molar-refractivity contribution in [3.63, 3.8) is 0 Å². The van der Waals surface area contributed by atoms with Crippen molar-refractivity contribution in [3.05, 3.63) is 24.3 Å². The predicted octanol–water partition coefficient (Wildman–Crippen LogP) is 3.12. The minimum absolute atomic E-state index is 0.0862. The summed E-state index contributed by atoms with van der Waals surface area (Å²) in [5.41, 5.74) is 1.000. The lowest BCUT2D eigenvalue weighted by atomic mass is 9.73. The molecule has 2 heterocycles. The monoisotopic (exact) mass is 398 g/mol. The van der Waals surface area contributed by atoms with Crippen LogP contribution in [-0.4, -0.2) is 47.9 Å². The highest BCUT2D eigenvalue weighted by atomic mass is 16.2. The van der Waals surface area contributed by atoms with Crippen LogP contribution in [0.15, 0.2) is 24.3 Å². The first-order valence-electron chi connectivity index (χ1n) is 10.8. The van der Waals surface area contributed by atoms with Crippen LogP contribution in [0.25, 0.3) is 0 Å². The number of imide groups is 1. The van der Waals surface area contributed by atoms with Gasteiger partial charge in [0.05, 0.1) is 0 Å². The molecule has 1 aromatic carbocycles. The Morgan fingerprint density at radius 3 is 2.52 bits per heavy atom. The number of benzene rings is 1. The molecule has 2 N–H and O–H groups in total. The molecule has 0 radical (unpaired) electrons. The zero-order valence-corrected chi connectivity index (χ0v) is 17.1. The fourth-order valence-corrected chi connectivity index (χ4v) is 4.89. The van der Waals surface area contributed by atoms with Gasteiger partial charge >= 0.3 is 6.03 Å². The van der Waals surface area contributed by atoms with E-state index in [0.29, 0.717) is 12.1 Å². The molecule has 1 saturated carbocycles. The summed E-state index contributed by atoms with van der Waals surface area (Å²) in [6, 6.07) is 7.30. The maximum atomic E-state index is 13.0. The molecule has 1 aromatic rings. The Labute approximate surface area is 171 Å². The molecule has 3 fully saturated rings. The smallest absolute Gasteiger partial charge is 0.325 e. The van der Waals surface area contributed by atoms with E-state index in [1.807, 2.05) is 31.2 Å². The Kier molecular flexibility index (Phi) is 5.48. The third kappa shape index (κ3) is 3.82. The quantitative estimate of drug-likeness (QED) is 0.764. The van der Waals surface area contributed by atoms with Crippen molar-refractivity contribution in [1.29, 1.82) is 0 Å². The Hall–Kier alpha value is -2.57. The molecular formula is C22H30N4O3. The van der Waals surface area contributed by atoms with Crippen molar-refractivity contribution in [2.75, 3.05) is 29.9 Å². The lowest BCUT2D eigenvalue weighted by Gasteiger charge is -2.36. The summed E-state index contributed by atoms with van der Waals surface area (Å²) in [7, 11) is 0. The molecule has 156 valence electrons. The van der Waals surface area contributed by atoms with Gasteiger partial charge in [0.25, 0.3) is 5.91 Å². The van der Waals surface area contributed by atoms with Gasteiger partial charge in [-0.25, -0.2) is 4.79 Å². The van der Waals surface area contributed by atoms with Gasteiger partial charge in [0.2, 0.25) is 5.91 Å². The van der Waals surface area contributed by atoms with Crippen LogP contribution < -0.4 is 15.5 Å². The van der Waals surface area contributed by atoms with Crippen molar-refractivity contribution in [2.24, 2.45) is 5.92 Å². The minimum atomic E-state index is -0.828. The summed E-state index contributed by atoms with van der Waals surface area (Å²) in [5, 5.41) is 5.70. The summed E-state index contributed by atoms with van der Waals surface area (Å²) in [6.45, 7) is 3.88. The second kappa shape index (κ2) is 8.05. The number of anilines is 2. The number of hydrogen-bond acceptors (Lipinski definition) is 4. The molecule has 7 heteroatoms. The van der Waals surface area contributed by atoms with E-state index in [0.717, 1.165) is 42.9 Å². The summed E-state index contributed by atoms with van der Waals surface area (Å²) in [5.74, 6) is -0.534. The average Bonchev–Trinajstić information content (AvgIpc) is 2.96. The fraction of sp³-hybridized carbons (Fsp3) is 0.591. The molecule has 2 aliphatic heterocycles. The van der Waals surface area contributed by atoms with Crippen molar-refractivity contribution in [3.8, 4) is 0 Å². The maximum Gasteiger partial charge on any atom is 0.325 e. The van der Waals surface area contributed by atoms with E-state index >= 15 is 0 Å². The number of hydrogen-bond donors (Lipinski definition) is 2. The van der Waals surface area contributed by atoms with E-state index in [4.69, 9.17) is 0 Å². The Balaban J connectivity index is 1.37. The number of rotatable bonds is 4. The van der Waals surface area contributed by atoms with Crippen LogP contribution in [0, 0.1) is 5.92 Å². The van der Waals surface area contributed by atoms with E-state index in [2.05, 4.69) is 15.5 Å². The molecule has 3 aliphatic rings. The molecule has 1 aliphatic carbocycles. The highest BCUT2D eigenvalue weighted by Gasteiger charge is 2.55. The van der Waals surface area contributed by atoms with Gasteiger partial charge in [0.1, 0.15) is 12.1 Å². The van der Waals surface area contributed by atoms with Gasteiger partial charge in [-0.2, -0.15) is 0 Å². The lowest BCUT2D eigenvalue weighted by Crippen LogP contribution is -2.54. The van der Waals surface area contributed by atoms with Crippen molar-refractivity contribution < 1.29 is 14.4 Å². The van der Waals surface area contributed by atoms with E-state index in [1.165, 1.54) is 19.3 Å². The zero-order chi connectivity index (χ0) is 20.4. The van der Waals surface area contributed by atoms with Crippen LogP contribution in [-0.2, 0) is 9.59 Å². The first kappa shape index (κ1) is 19.7. The van der Waals surface area contributed by atoms with Crippen LogP contribution in [0.2, 0.25) is 0 Å². The van der Waals surface area contributed by atoms with Gasteiger partial charge < -0.3 is 15.5 Å². The maximum absolute atomic E-state index is 13.0. The van der Waals surface area contributed by atoms with Crippen molar-refractivity contribution in [1.82, 2.24) is 10.2 Å². The third-order valence-electron chi connectivity index (χ3n) is 6.68. The van der Waals surface area contributed by atoms with Crippen LogP contribution >= 0.6 is 0 Å². The Morgan fingerprint density at radius 2 is 1.83 bits per heavy atom. The Bertz CT molecular complexity index is 788. The molecule has 2 saturated heterocycles.